The molecule has 0 fully saturated rings. The first-order valence-corrected chi connectivity index (χ1v) is 17.0. The van der Waals surface area contributed by atoms with Crippen LogP contribution in [0.1, 0.15) is 25.7 Å². The van der Waals surface area contributed by atoms with E-state index in [1.807, 2.05) is 0 Å². The molecular weight excluding hydrogens is 583 g/mol. The minimum Gasteiger partial charge on any atom is -0.456 e. The zero-order valence-electron chi connectivity index (χ0n) is 26.8. The van der Waals surface area contributed by atoms with Crippen LogP contribution in [0.4, 0.5) is 11.4 Å². The predicted octanol–water partition coefficient (Wildman–Crippen LogP) is 13.3. The molecule has 1 aliphatic carbocycles. The second-order valence-corrected chi connectivity index (χ2v) is 12.8. The Morgan fingerprint density at radius 3 is 1.94 bits per heavy atom. The molecule has 230 valence electrons. The van der Waals surface area contributed by atoms with Crippen molar-refractivity contribution >= 4 is 44.1 Å². The van der Waals surface area contributed by atoms with Crippen LogP contribution in [-0.2, 0) is 0 Å². The number of allylic oxidation sites excluding steroid dienone is 2. The van der Waals surface area contributed by atoms with Gasteiger partial charge in [-0.05, 0) is 107 Å². The molecule has 0 N–H and O–H groups in total. The van der Waals surface area contributed by atoms with Crippen LogP contribution in [0.25, 0.3) is 66.1 Å². The van der Waals surface area contributed by atoms with Gasteiger partial charge < -0.3 is 9.32 Å². The molecule has 0 unspecified atom stereocenters. The summed E-state index contributed by atoms with van der Waals surface area (Å²) in [4.78, 5) is 2.50. The average Bonchev–Trinajstić information content (AvgIpc) is 3.55. The van der Waals surface area contributed by atoms with Crippen molar-refractivity contribution in [3.05, 3.63) is 169 Å². The van der Waals surface area contributed by atoms with E-state index in [1.54, 1.807) is 0 Å². The van der Waals surface area contributed by atoms with Crippen LogP contribution in [0, 0.1) is 0 Å². The van der Waals surface area contributed by atoms with Gasteiger partial charge in [0, 0.05) is 27.7 Å². The Morgan fingerprint density at radius 2 is 1.15 bits per heavy atom. The third-order valence-electron chi connectivity index (χ3n) is 9.80. The lowest BCUT2D eigenvalue weighted by molar-refractivity contribution is 0.669. The highest BCUT2D eigenvalue weighted by atomic mass is 16.3. The maximum Gasteiger partial charge on any atom is 0.136 e. The van der Waals surface area contributed by atoms with Crippen LogP contribution >= 0.6 is 0 Å². The molecule has 0 amide bonds. The normalized spacial score (nSPS) is 13.2. The molecule has 0 atom stereocenters. The van der Waals surface area contributed by atoms with Gasteiger partial charge in [-0.2, -0.15) is 0 Å². The van der Waals surface area contributed by atoms with Gasteiger partial charge in [-0.15, -0.1) is 0 Å². The summed E-state index contributed by atoms with van der Waals surface area (Å²) in [6, 6.07) is 57.0. The second-order valence-electron chi connectivity index (χ2n) is 12.8. The molecule has 1 aliphatic rings. The highest BCUT2D eigenvalue weighted by molar-refractivity contribution is 6.19. The number of hydrogen-bond acceptors (Lipinski definition) is 2. The van der Waals surface area contributed by atoms with Gasteiger partial charge in [0.25, 0.3) is 0 Å². The molecular formula is C46H35NO. The van der Waals surface area contributed by atoms with E-state index >= 15 is 0 Å². The van der Waals surface area contributed by atoms with Gasteiger partial charge in [0.05, 0.1) is 5.69 Å². The van der Waals surface area contributed by atoms with Gasteiger partial charge in [-0.3, -0.25) is 0 Å². The van der Waals surface area contributed by atoms with Crippen LogP contribution in [0.15, 0.2) is 174 Å². The molecule has 48 heavy (non-hydrogen) atoms. The third-order valence-corrected chi connectivity index (χ3v) is 9.80. The Labute approximate surface area is 281 Å². The molecule has 0 spiro atoms. The zero-order chi connectivity index (χ0) is 31.9. The maximum atomic E-state index is 6.33. The zero-order valence-corrected chi connectivity index (χ0v) is 26.8. The highest BCUT2D eigenvalue weighted by Gasteiger charge is 2.21. The molecule has 1 aromatic heterocycles. The van der Waals surface area contributed by atoms with Crippen molar-refractivity contribution in [2.24, 2.45) is 0 Å². The van der Waals surface area contributed by atoms with Crippen molar-refractivity contribution in [3.63, 3.8) is 0 Å². The number of nitrogens with zero attached hydrogens (tertiary/aromatic N) is 1. The average molecular weight is 618 g/mol. The van der Waals surface area contributed by atoms with E-state index in [1.165, 1.54) is 79.5 Å². The summed E-state index contributed by atoms with van der Waals surface area (Å²) in [5.74, 6) is 0. The van der Waals surface area contributed by atoms with E-state index in [0.29, 0.717) is 0 Å². The van der Waals surface area contributed by atoms with Crippen molar-refractivity contribution in [1.82, 2.24) is 0 Å². The predicted molar refractivity (Wildman–Crippen MR) is 203 cm³/mol. The lowest BCUT2D eigenvalue weighted by atomic mass is 9.94. The fourth-order valence-corrected chi connectivity index (χ4v) is 7.40. The monoisotopic (exact) mass is 617 g/mol. The Kier molecular flexibility index (Phi) is 7.13. The summed E-state index contributed by atoms with van der Waals surface area (Å²) in [6.45, 7) is 0. The van der Waals surface area contributed by atoms with Crippen LogP contribution < -0.4 is 4.90 Å². The van der Waals surface area contributed by atoms with Gasteiger partial charge in [0.15, 0.2) is 0 Å². The molecule has 7 aromatic carbocycles. The number of fused-ring (bicyclic) bond motifs is 5. The lowest BCUT2D eigenvalue weighted by Gasteiger charge is -2.32. The van der Waals surface area contributed by atoms with Crippen LogP contribution in [-0.4, -0.2) is 0 Å². The number of benzene rings is 7. The Bertz CT molecular complexity index is 2440. The SMILES string of the molecule is C1=C(N(c2ccc(-c3ccccc3)cc2)c2ccc(-c3ccc4oc5ccc6ccccc6c5c4c3)cc2-c2ccccc2)CCCC1. The Morgan fingerprint density at radius 1 is 0.479 bits per heavy atom. The molecule has 1 heterocycles. The van der Waals surface area contributed by atoms with E-state index in [2.05, 4.69) is 169 Å². The van der Waals surface area contributed by atoms with Crippen molar-refractivity contribution < 1.29 is 4.42 Å². The summed E-state index contributed by atoms with van der Waals surface area (Å²) in [5.41, 5.74) is 12.8. The quantitative estimate of drug-likeness (QED) is 0.185. The summed E-state index contributed by atoms with van der Waals surface area (Å²) < 4.78 is 6.33. The fourth-order valence-electron chi connectivity index (χ4n) is 7.40. The molecule has 2 nitrogen and oxygen atoms in total. The number of furan rings is 1. The van der Waals surface area contributed by atoms with E-state index in [-0.39, 0.29) is 0 Å². The standard InChI is InChI=1S/C46H35NO/c1-4-12-32(13-5-1)33-20-25-39(26-21-33)47(38-17-8-3-9-18-38)43-27-22-36(30-41(43)34-14-6-2-7-15-34)37-24-28-44-42(31-37)46-40-19-11-10-16-35(40)23-29-45(46)48-44/h1-2,4-7,10-17,19-31H,3,8-9,18H2. The van der Waals surface area contributed by atoms with Gasteiger partial charge >= 0.3 is 0 Å². The Hall–Kier alpha value is -5.86. The second kappa shape index (κ2) is 12.1. The summed E-state index contributed by atoms with van der Waals surface area (Å²) in [6.07, 6.45) is 7.07. The third kappa shape index (κ3) is 5.07. The minimum atomic E-state index is 0.916. The van der Waals surface area contributed by atoms with Crippen LogP contribution in [0.2, 0.25) is 0 Å². The lowest BCUT2D eigenvalue weighted by Crippen LogP contribution is -2.19. The first-order chi connectivity index (χ1) is 23.8. The van der Waals surface area contributed by atoms with Gasteiger partial charge in [0.1, 0.15) is 11.2 Å². The summed E-state index contributed by atoms with van der Waals surface area (Å²) in [7, 11) is 0. The van der Waals surface area contributed by atoms with Crippen molar-refractivity contribution in [2.45, 2.75) is 25.7 Å². The Balaban J connectivity index is 1.21. The van der Waals surface area contributed by atoms with Crippen LogP contribution in [0.5, 0.6) is 0 Å². The molecule has 0 aliphatic heterocycles. The van der Waals surface area contributed by atoms with Crippen molar-refractivity contribution in [3.8, 4) is 33.4 Å². The summed E-state index contributed by atoms with van der Waals surface area (Å²) in [5, 5.41) is 4.78. The van der Waals surface area contributed by atoms with Gasteiger partial charge in [-0.25, -0.2) is 0 Å². The fraction of sp³-hybridized carbons (Fsp3) is 0.0870. The number of anilines is 2. The molecule has 0 saturated carbocycles. The molecule has 8 aromatic rings. The molecule has 2 heteroatoms. The minimum absolute atomic E-state index is 0.916. The smallest absolute Gasteiger partial charge is 0.136 e. The van der Waals surface area contributed by atoms with Crippen molar-refractivity contribution in [2.75, 3.05) is 4.90 Å². The molecule has 0 radical (unpaired) electrons. The van der Waals surface area contributed by atoms with E-state index in [9.17, 15) is 0 Å². The van der Waals surface area contributed by atoms with Crippen molar-refractivity contribution in [1.29, 1.82) is 0 Å². The maximum absolute atomic E-state index is 6.33. The molecule has 0 saturated heterocycles. The largest absolute Gasteiger partial charge is 0.456 e. The summed E-state index contributed by atoms with van der Waals surface area (Å²) >= 11 is 0. The first-order valence-electron chi connectivity index (χ1n) is 17.0. The van der Waals surface area contributed by atoms with Gasteiger partial charge in [-0.1, -0.05) is 121 Å². The van der Waals surface area contributed by atoms with Gasteiger partial charge in [0.2, 0.25) is 0 Å². The number of rotatable bonds is 6. The number of hydrogen-bond donors (Lipinski definition) is 0. The van der Waals surface area contributed by atoms with E-state index in [4.69, 9.17) is 4.42 Å². The van der Waals surface area contributed by atoms with E-state index in [0.717, 1.165) is 29.4 Å². The molecule has 9 rings (SSSR count). The highest BCUT2D eigenvalue weighted by Crippen LogP contribution is 2.43. The molecule has 0 bridgehead atoms. The first kappa shape index (κ1) is 28.4. The van der Waals surface area contributed by atoms with E-state index < -0.39 is 0 Å². The van der Waals surface area contributed by atoms with Crippen LogP contribution in [0.3, 0.4) is 0 Å². The topological polar surface area (TPSA) is 16.4 Å².